The molecule has 1 aliphatic rings. The molecule has 3 amide bonds. The zero-order valence-electron chi connectivity index (χ0n) is 21.2. The van der Waals surface area contributed by atoms with Crippen LogP contribution in [-0.4, -0.2) is 65.5 Å². The first-order valence-corrected chi connectivity index (χ1v) is 13.1. The van der Waals surface area contributed by atoms with Gasteiger partial charge in [0.15, 0.2) is 0 Å². The fourth-order valence-electron chi connectivity index (χ4n) is 4.89. The van der Waals surface area contributed by atoms with Crippen molar-refractivity contribution in [3.8, 4) is 0 Å². The van der Waals surface area contributed by atoms with Crippen LogP contribution in [0.1, 0.15) is 57.4 Å². The maximum Gasteiger partial charge on any atom is 0.243 e. The number of carbonyl (C=O) groups is 3. The Morgan fingerprint density at radius 3 is 2.42 bits per heavy atom. The fraction of sp³-hybridized carbons (Fsp3) is 0.536. The summed E-state index contributed by atoms with van der Waals surface area (Å²) in [6.45, 7) is 1.94. The molecule has 1 unspecified atom stereocenters. The number of benzene rings is 2. The van der Waals surface area contributed by atoms with E-state index in [1.165, 1.54) is 12.8 Å². The lowest BCUT2D eigenvalue weighted by Crippen LogP contribution is -2.50. The highest BCUT2D eigenvalue weighted by molar-refractivity contribution is 5.88. The molecule has 0 aromatic heterocycles. The van der Waals surface area contributed by atoms with Gasteiger partial charge in [-0.2, -0.15) is 0 Å². The molecular formula is C28H40N4O4. The molecule has 0 heterocycles. The maximum absolute atomic E-state index is 13.0. The van der Waals surface area contributed by atoms with E-state index in [0.29, 0.717) is 13.0 Å². The van der Waals surface area contributed by atoms with Gasteiger partial charge in [-0.3, -0.25) is 14.4 Å². The summed E-state index contributed by atoms with van der Waals surface area (Å²) in [7, 11) is 0. The number of carbonyl (C=O) groups excluding carboxylic acids is 3. The second kappa shape index (κ2) is 13.9. The third kappa shape index (κ3) is 8.31. The van der Waals surface area contributed by atoms with Gasteiger partial charge in [0.1, 0.15) is 6.04 Å². The zero-order chi connectivity index (χ0) is 25.9. The molecule has 5 N–H and O–H groups in total. The number of rotatable bonds is 11. The summed E-state index contributed by atoms with van der Waals surface area (Å²) in [5.74, 6) is -0.678. The average molecular weight is 497 g/mol. The summed E-state index contributed by atoms with van der Waals surface area (Å²) in [6.07, 6.45) is 6.10. The normalized spacial score (nSPS) is 16.1. The maximum atomic E-state index is 13.0. The Morgan fingerprint density at radius 1 is 1.06 bits per heavy atom. The van der Waals surface area contributed by atoms with E-state index in [1.54, 1.807) is 6.92 Å². The van der Waals surface area contributed by atoms with E-state index in [2.05, 4.69) is 10.6 Å². The van der Waals surface area contributed by atoms with E-state index in [1.807, 2.05) is 47.4 Å². The predicted octanol–water partition coefficient (Wildman–Crippen LogP) is 2.26. The lowest BCUT2D eigenvalue weighted by atomic mass is 10.0. The van der Waals surface area contributed by atoms with E-state index in [4.69, 9.17) is 5.73 Å². The van der Waals surface area contributed by atoms with Gasteiger partial charge in [-0.1, -0.05) is 68.1 Å². The van der Waals surface area contributed by atoms with Crippen LogP contribution >= 0.6 is 0 Å². The second-order valence-corrected chi connectivity index (χ2v) is 9.75. The smallest absolute Gasteiger partial charge is 0.243 e. The highest BCUT2D eigenvalue weighted by atomic mass is 16.3. The minimum Gasteiger partial charge on any atom is -0.390 e. The predicted molar refractivity (Wildman–Crippen MR) is 141 cm³/mol. The number of fused-ring (bicyclic) bond motifs is 1. The van der Waals surface area contributed by atoms with Crippen molar-refractivity contribution in [1.29, 1.82) is 0 Å². The summed E-state index contributed by atoms with van der Waals surface area (Å²) < 4.78 is 0. The molecule has 1 aliphatic carbocycles. The lowest BCUT2D eigenvalue weighted by molar-refractivity contribution is -0.133. The van der Waals surface area contributed by atoms with Crippen molar-refractivity contribution in [1.82, 2.24) is 15.5 Å². The Labute approximate surface area is 213 Å². The van der Waals surface area contributed by atoms with Crippen LogP contribution in [0.3, 0.4) is 0 Å². The van der Waals surface area contributed by atoms with Crippen molar-refractivity contribution in [2.75, 3.05) is 19.6 Å². The SMILES string of the molecule is CC(=O)N(CCC(=O)N[C@H](Cc1ccc2ccccc2c1)C(=O)NCC(O)CN)C1CCCCCC1. The molecule has 36 heavy (non-hydrogen) atoms. The lowest BCUT2D eigenvalue weighted by Gasteiger charge is -2.30. The van der Waals surface area contributed by atoms with E-state index in [-0.39, 0.29) is 43.3 Å². The van der Waals surface area contributed by atoms with Crippen molar-refractivity contribution in [3.05, 3.63) is 48.0 Å². The van der Waals surface area contributed by atoms with Crippen LogP contribution in [0, 0.1) is 0 Å². The van der Waals surface area contributed by atoms with Gasteiger partial charge in [0.25, 0.3) is 0 Å². The summed E-state index contributed by atoms with van der Waals surface area (Å²) in [4.78, 5) is 40.0. The Morgan fingerprint density at radius 2 is 1.75 bits per heavy atom. The van der Waals surface area contributed by atoms with Crippen LogP contribution in [0.5, 0.6) is 0 Å². The standard InChI is InChI=1S/C28H40N4O4/c1-20(33)32(24-10-4-2-3-5-11-24)15-14-27(35)31-26(28(36)30-19-25(34)18-29)17-21-12-13-22-8-6-7-9-23(22)16-21/h6-9,12-13,16,24-26,34H,2-5,10-11,14-15,17-19,29H2,1H3,(H,30,36)(H,31,35)/t25?,26-/m1/s1. The average Bonchev–Trinajstić information content (AvgIpc) is 3.16. The highest BCUT2D eigenvalue weighted by Crippen LogP contribution is 2.22. The number of hydrogen-bond donors (Lipinski definition) is 4. The minimum absolute atomic E-state index is 0.0131. The Hall–Kier alpha value is -2.97. The molecule has 0 saturated heterocycles. The van der Waals surface area contributed by atoms with Crippen molar-refractivity contribution in [2.24, 2.45) is 5.73 Å². The Bertz CT molecular complexity index is 1020. The number of nitrogens with one attached hydrogen (secondary N) is 2. The molecule has 0 aliphatic heterocycles. The van der Waals surface area contributed by atoms with E-state index < -0.39 is 12.1 Å². The van der Waals surface area contributed by atoms with E-state index in [9.17, 15) is 19.5 Å². The number of amides is 3. The fourth-order valence-corrected chi connectivity index (χ4v) is 4.89. The van der Waals surface area contributed by atoms with Crippen LogP contribution < -0.4 is 16.4 Å². The molecule has 0 radical (unpaired) electrons. The highest BCUT2D eigenvalue weighted by Gasteiger charge is 2.25. The van der Waals surface area contributed by atoms with Crippen LogP contribution in [0.4, 0.5) is 0 Å². The number of nitrogens with two attached hydrogens (primary N) is 1. The van der Waals surface area contributed by atoms with Gasteiger partial charge in [0.2, 0.25) is 17.7 Å². The molecule has 8 heteroatoms. The van der Waals surface area contributed by atoms with Crippen molar-refractivity contribution >= 4 is 28.5 Å². The summed E-state index contributed by atoms with van der Waals surface area (Å²) in [5, 5.41) is 17.5. The largest absolute Gasteiger partial charge is 0.390 e. The molecule has 0 spiro atoms. The minimum atomic E-state index is -0.852. The number of hydrogen-bond acceptors (Lipinski definition) is 5. The summed E-state index contributed by atoms with van der Waals surface area (Å²) in [6, 6.07) is 13.3. The van der Waals surface area contributed by atoms with E-state index in [0.717, 1.165) is 42.0 Å². The van der Waals surface area contributed by atoms with Crippen molar-refractivity contribution < 1.29 is 19.5 Å². The van der Waals surface area contributed by atoms with Gasteiger partial charge in [0.05, 0.1) is 6.10 Å². The Balaban J connectivity index is 1.66. The van der Waals surface area contributed by atoms with Gasteiger partial charge >= 0.3 is 0 Å². The quantitative estimate of drug-likeness (QED) is 0.355. The van der Waals surface area contributed by atoms with Gasteiger partial charge < -0.3 is 26.4 Å². The molecule has 2 aromatic rings. The molecule has 2 atom stereocenters. The van der Waals surface area contributed by atoms with Crippen LogP contribution in [0.25, 0.3) is 10.8 Å². The van der Waals surface area contributed by atoms with Crippen LogP contribution in [0.2, 0.25) is 0 Å². The van der Waals surface area contributed by atoms with Gasteiger partial charge in [-0.15, -0.1) is 0 Å². The van der Waals surface area contributed by atoms with Gasteiger partial charge in [-0.05, 0) is 29.2 Å². The number of aliphatic hydroxyl groups is 1. The third-order valence-electron chi connectivity index (χ3n) is 6.94. The molecule has 0 bridgehead atoms. The topological polar surface area (TPSA) is 125 Å². The third-order valence-corrected chi connectivity index (χ3v) is 6.94. The molecule has 3 rings (SSSR count). The van der Waals surface area contributed by atoms with E-state index >= 15 is 0 Å². The zero-order valence-corrected chi connectivity index (χ0v) is 21.2. The second-order valence-electron chi connectivity index (χ2n) is 9.75. The van der Waals surface area contributed by atoms with Crippen LogP contribution in [0.15, 0.2) is 42.5 Å². The van der Waals surface area contributed by atoms with Crippen molar-refractivity contribution in [3.63, 3.8) is 0 Å². The summed E-state index contributed by atoms with van der Waals surface area (Å²) in [5.41, 5.74) is 6.37. The number of aliphatic hydroxyl groups excluding tert-OH is 1. The monoisotopic (exact) mass is 496 g/mol. The number of nitrogens with zero attached hydrogens (tertiary/aromatic N) is 1. The van der Waals surface area contributed by atoms with Crippen molar-refractivity contribution in [2.45, 2.75) is 76.5 Å². The molecule has 8 nitrogen and oxygen atoms in total. The first-order valence-electron chi connectivity index (χ1n) is 13.1. The molecular weight excluding hydrogens is 456 g/mol. The molecule has 196 valence electrons. The molecule has 1 fully saturated rings. The van der Waals surface area contributed by atoms with Crippen LogP contribution in [-0.2, 0) is 20.8 Å². The first kappa shape index (κ1) is 27.6. The molecule has 1 saturated carbocycles. The van der Waals surface area contributed by atoms with Gasteiger partial charge in [-0.25, -0.2) is 0 Å². The van der Waals surface area contributed by atoms with Gasteiger partial charge in [0, 0.05) is 45.4 Å². The first-order chi connectivity index (χ1) is 17.4. The summed E-state index contributed by atoms with van der Waals surface area (Å²) >= 11 is 0. The Kier molecular flexibility index (Phi) is 10.7. The molecule has 2 aromatic carbocycles.